The maximum atomic E-state index is 11.4. The lowest BCUT2D eigenvalue weighted by Crippen LogP contribution is -2.29. The van der Waals surface area contributed by atoms with Gasteiger partial charge in [-0.2, -0.15) is 0 Å². The van der Waals surface area contributed by atoms with Crippen molar-refractivity contribution >= 4 is 5.97 Å². The second kappa shape index (κ2) is 21.5. The minimum absolute atomic E-state index is 0.0866. The van der Waals surface area contributed by atoms with Gasteiger partial charge < -0.3 is 24.8 Å². The van der Waals surface area contributed by atoms with Gasteiger partial charge in [0.2, 0.25) is 0 Å². The number of hydrogen-bond donors (Lipinski definition) is 3. The molecule has 346 valence electrons. The average Bonchev–Trinajstić information content (AvgIpc) is 3.73. The summed E-state index contributed by atoms with van der Waals surface area (Å²) in [7, 11) is 0. The minimum atomic E-state index is -0.833. The third-order valence-electron chi connectivity index (χ3n) is 15.1. The fraction of sp³-hybridized carbons (Fsp3) is 0.508. The molecule has 4 aromatic rings. The van der Waals surface area contributed by atoms with Crippen LogP contribution in [0.1, 0.15) is 186 Å². The zero-order valence-electron chi connectivity index (χ0n) is 40.6. The molecule has 2 saturated carbocycles. The summed E-state index contributed by atoms with van der Waals surface area (Å²) in [6, 6.07) is 25.6. The summed E-state index contributed by atoms with van der Waals surface area (Å²) >= 11 is 0. The standard InChI is InChI=1S/C32H40O4.C27H34O2/c1-5-32(6-2,27-12-14-29(24(4)21-27)35-22-28-13-15-30(33)36-28)26-11-10-25(23(3)20-26)16-19-31(34)17-8-7-9-18-31;1-5-27(6-2,24-12-13-25(28)21(4)19-24)23-11-10-22(20(3)18-23)14-17-26(29)15-8-7-9-16-26/h10-12,14,20-21,28,34H,5-9,13,15,17-18,22H2,1-4H3;10-13,18-19,28-29H,5-9,15-16H2,1-4H3/t28-;/m0./s1. The third-order valence-corrected chi connectivity index (χ3v) is 15.1. The van der Waals surface area contributed by atoms with Gasteiger partial charge in [0.15, 0.2) is 0 Å². The lowest BCUT2D eigenvalue weighted by Gasteiger charge is -2.34. The minimum Gasteiger partial charge on any atom is -0.508 e. The maximum Gasteiger partial charge on any atom is 0.306 e. The van der Waals surface area contributed by atoms with E-state index in [9.17, 15) is 20.1 Å². The highest BCUT2D eigenvalue weighted by Gasteiger charge is 2.34. The zero-order chi connectivity index (χ0) is 46.8. The molecule has 0 unspecified atom stereocenters. The predicted octanol–water partition coefficient (Wildman–Crippen LogP) is 12.7. The SMILES string of the molecule is CCC(CC)(c1ccc(C#CC2(O)CCCCC2)c(C)c1)c1ccc(OC[C@@H]2CCC(=O)O2)c(C)c1.CCC(CC)(c1ccc(O)c(C)c1)c1ccc(C#CC2(O)CCCCC2)c(C)c1. The smallest absolute Gasteiger partial charge is 0.306 e. The lowest BCUT2D eigenvalue weighted by molar-refractivity contribution is -0.142. The van der Waals surface area contributed by atoms with Gasteiger partial charge >= 0.3 is 5.97 Å². The number of esters is 1. The van der Waals surface area contributed by atoms with E-state index in [1.165, 1.54) is 35.1 Å². The lowest BCUT2D eigenvalue weighted by atomic mass is 9.70. The molecule has 1 aliphatic heterocycles. The number of hydrogen-bond acceptors (Lipinski definition) is 6. The first-order valence-corrected chi connectivity index (χ1v) is 24.6. The molecule has 0 spiro atoms. The molecule has 6 heteroatoms. The van der Waals surface area contributed by atoms with Crippen LogP contribution in [0.15, 0.2) is 72.8 Å². The molecular weight excluding hydrogens is 805 g/mol. The number of aromatic hydroxyl groups is 1. The van der Waals surface area contributed by atoms with E-state index >= 15 is 0 Å². The number of benzene rings is 4. The Bertz CT molecular complexity index is 2400. The largest absolute Gasteiger partial charge is 0.508 e. The van der Waals surface area contributed by atoms with Crippen LogP contribution >= 0.6 is 0 Å². The first kappa shape index (κ1) is 49.4. The van der Waals surface area contributed by atoms with Crippen molar-refractivity contribution < 1.29 is 29.6 Å². The third kappa shape index (κ3) is 11.5. The van der Waals surface area contributed by atoms with Crippen LogP contribution in [-0.2, 0) is 20.4 Å². The number of aryl methyl sites for hydroxylation is 4. The van der Waals surface area contributed by atoms with Gasteiger partial charge in [0, 0.05) is 28.4 Å². The van der Waals surface area contributed by atoms with Gasteiger partial charge in [0.25, 0.3) is 0 Å². The summed E-state index contributed by atoms with van der Waals surface area (Å²) in [6.07, 6.45) is 14.7. The summed E-state index contributed by atoms with van der Waals surface area (Å²) in [5, 5.41) is 31.4. The quantitative estimate of drug-likeness (QED) is 0.103. The van der Waals surface area contributed by atoms with Crippen LogP contribution in [0.5, 0.6) is 11.5 Å². The summed E-state index contributed by atoms with van der Waals surface area (Å²) < 4.78 is 11.3. The van der Waals surface area contributed by atoms with Crippen LogP contribution in [0.25, 0.3) is 0 Å². The molecule has 6 nitrogen and oxygen atoms in total. The topological polar surface area (TPSA) is 96.2 Å². The highest BCUT2D eigenvalue weighted by atomic mass is 16.6. The van der Waals surface area contributed by atoms with Crippen molar-refractivity contribution in [2.75, 3.05) is 6.61 Å². The first-order chi connectivity index (χ1) is 31.1. The summed E-state index contributed by atoms with van der Waals surface area (Å²) in [6.45, 7) is 17.6. The molecule has 3 N–H and O–H groups in total. The molecule has 4 aromatic carbocycles. The van der Waals surface area contributed by atoms with E-state index in [2.05, 4.69) is 139 Å². The second-order valence-corrected chi connectivity index (χ2v) is 19.3. The molecule has 65 heavy (non-hydrogen) atoms. The van der Waals surface area contributed by atoms with Crippen LogP contribution < -0.4 is 4.74 Å². The Labute approximate surface area is 390 Å². The van der Waals surface area contributed by atoms with Crippen molar-refractivity contribution in [1.29, 1.82) is 0 Å². The molecule has 1 saturated heterocycles. The molecule has 0 aromatic heterocycles. The molecular formula is C59H74O6. The Hall–Kier alpha value is -5.01. The maximum absolute atomic E-state index is 11.4. The summed E-state index contributed by atoms with van der Waals surface area (Å²) in [4.78, 5) is 11.4. The Kier molecular flexibility index (Phi) is 16.4. The van der Waals surface area contributed by atoms with Gasteiger partial charge in [-0.15, -0.1) is 0 Å². The van der Waals surface area contributed by atoms with Crippen molar-refractivity contribution in [1.82, 2.24) is 0 Å². The highest BCUT2D eigenvalue weighted by Crippen LogP contribution is 2.42. The predicted molar refractivity (Wildman–Crippen MR) is 264 cm³/mol. The van der Waals surface area contributed by atoms with Crippen LogP contribution in [0.4, 0.5) is 0 Å². The van der Waals surface area contributed by atoms with Crippen molar-refractivity contribution in [2.45, 2.75) is 186 Å². The number of carbonyl (C=O) groups excluding carboxylic acids is 1. The molecule has 0 bridgehead atoms. The van der Waals surface area contributed by atoms with Gasteiger partial charge in [0.1, 0.15) is 35.4 Å². The number of rotatable bonds is 11. The van der Waals surface area contributed by atoms with Gasteiger partial charge in [0.05, 0.1) is 0 Å². The second-order valence-electron chi connectivity index (χ2n) is 19.3. The molecule has 3 fully saturated rings. The van der Waals surface area contributed by atoms with Crippen LogP contribution in [-0.4, -0.2) is 45.2 Å². The Morgan fingerprint density at radius 2 is 1.02 bits per heavy atom. The number of cyclic esters (lactones) is 1. The number of aliphatic hydroxyl groups is 2. The van der Waals surface area contributed by atoms with Gasteiger partial charge in [-0.1, -0.05) is 113 Å². The van der Waals surface area contributed by atoms with Crippen LogP contribution in [0.2, 0.25) is 0 Å². The van der Waals surface area contributed by atoms with Crippen molar-refractivity contribution in [3.63, 3.8) is 0 Å². The molecule has 2 aliphatic carbocycles. The van der Waals surface area contributed by atoms with E-state index in [1.807, 2.05) is 13.0 Å². The van der Waals surface area contributed by atoms with E-state index in [-0.39, 0.29) is 22.9 Å². The molecule has 1 heterocycles. The summed E-state index contributed by atoms with van der Waals surface area (Å²) in [5.41, 5.74) is 9.53. The van der Waals surface area contributed by atoms with E-state index in [4.69, 9.17) is 9.47 Å². The van der Waals surface area contributed by atoms with Gasteiger partial charge in [-0.25, -0.2) is 0 Å². The van der Waals surface area contributed by atoms with Gasteiger partial charge in [-0.05, 0) is 180 Å². The Balaban J connectivity index is 0.000000221. The van der Waals surface area contributed by atoms with Crippen molar-refractivity contribution in [3.05, 3.63) is 128 Å². The number of ether oxygens (including phenoxy) is 2. The molecule has 1 atom stereocenters. The average molecular weight is 879 g/mol. The van der Waals surface area contributed by atoms with Gasteiger partial charge in [-0.3, -0.25) is 4.79 Å². The zero-order valence-corrected chi connectivity index (χ0v) is 40.6. The highest BCUT2D eigenvalue weighted by molar-refractivity contribution is 5.71. The fourth-order valence-corrected chi connectivity index (χ4v) is 10.5. The normalized spacial score (nSPS) is 17.9. The number of carbonyl (C=O) groups is 1. The Morgan fingerprint density at radius 3 is 1.40 bits per heavy atom. The van der Waals surface area contributed by atoms with Crippen LogP contribution in [0.3, 0.4) is 0 Å². The van der Waals surface area contributed by atoms with Crippen molar-refractivity contribution in [3.8, 4) is 35.2 Å². The van der Waals surface area contributed by atoms with Crippen molar-refractivity contribution in [2.24, 2.45) is 0 Å². The fourth-order valence-electron chi connectivity index (χ4n) is 10.5. The molecule has 0 radical (unpaired) electrons. The Morgan fingerprint density at radius 1 is 0.600 bits per heavy atom. The number of phenolic OH excluding ortho intramolecular Hbond substituents is 1. The molecule has 7 rings (SSSR count). The number of phenols is 1. The van der Waals surface area contributed by atoms with Crippen LogP contribution in [0, 0.1) is 51.4 Å². The van der Waals surface area contributed by atoms with E-state index in [0.29, 0.717) is 18.8 Å². The van der Waals surface area contributed by atoms with E-state index in [1.54, 1.807) is 0 Å². The molecule has 0 amide bonds. The first-order valence-electron chi connectivity index (χ1n) is 24.6. The van der Waals surface area contributed by atoms with E-state index < -0.39 is 11.2 Å². The summed E-state index contributed by atoms with van der Waals surface area (Å²) in [5.74, 6) is 13.9. The monoisotopic (exact) mass is 879 g/mol. The molecule has 3 aliphatic rings. The van der Waals surface area contributed by atoms with E-state index in [0.717, 1.165) is 123 Å².